The maximum Gasteiger partial charge on any atom is 0.223 e. The Morgan fingerprint density at radius 3 is 2.10 bits per heavy atom. The molecule has 0 saturated carbocycles. The third-order valence-corrected chi connectivity index (χ3v) is 5.83. The number of aryl methyl sites for hydroxylation is 1. The maximum absolute atomic E-state index is 12.6. The molecule has 0 aromatic heterocycles. The molecule has 1 fully saturated rings. The van der Waals surface area contributed by atoms with Crippen molar-refractivity contribution in [2.24, 2.45) is 5.92 Å². The van der Waals surface area contributed by atoms with Gasteiger partial charge in [0.05, 0.1) is 34.4 Å². The van der Waals surface area contributed by atoms with E-state index < -0.39 is 0 Å². The Kier molecular flexibility index (Phi) is 7.57. The van der Waals surface area contributed by atoms with Crippen LogP contribution in [0.25, 0.3) is 0 Å². The summed E-state index contributed by atoms with van der Waals surface area (Å²) in [5.74, 6) is 2.23. The number of carbonyl (C=O) groups is 1. The minimum Gasteiger partial charge on any atom is -0.493 e. The van der Waals surface area contributed by atoms with Crippen LogP contribution in [0, 0.1) is 12.8 Å². The highest BCUT2D eigenvalue weighted by Crippen LogP contribution is 2.38. The molecule has 1 heterocycles. The Labute approximate surface area is 179 Å². The van der Waals surface area contributed by atoms with Gasteiger partial charge in [0.15, 0.2) is 11.5 Å². The number of methoxy groups -OCH3 is 3. The number of benzene rings is 2. The van der Waals surface area contributed by atoms with Crippen LogP contribution in [0.2, 0.25) is 0 Å². The van der Waals surface area contributed by atoms with Gasteiger partial charge in [-0.3, -0.25) is 4.79 Å². The number of nitrogens with one attached hydrogen (secondary N) is 2. The molecule has 0 bridgehead atoms. The topological polar surface area (TPSA) is 61.2 Å². The summed E-state index contributed by atoms with van der Waals surface area (Å²) < 4.78 is 16.3. The lowest BCUT2D eigenvalue weighted by atomic mass is 9.95. The Bertz CT molecular complexity index is 818. The molecule has 2 aromatic rings. The number of carbonyl (C=O) groups excluding carboxylic acids is 1. The summed E-state index contributed by atoms with van der Waals surface area (Å²) in [5, 5.41) is 3.10. The lowest BCUT2D eigenvalue weighted by Gasteiger charge is -2.29. The molecule has 1 saturated heterocycles. The van der Waals surface area contributed by atoms with Crippen molar-refractivity contribution in [3.8, 4) is 17.2 Å². The summed E-state index contributed by atoms with van der Waals surface area (Å²) in [6.45, 7) is 5.47. The van der Waals surface area contributed by atoms with Crippen LogP contribution in [0.1, 0.15) is 29.5 Å². The first-order valence-corrected chi connectivity index (χ1v) is 10.5. The second kappa shape index (κ2) is 10.3. The van der Waals surface area contributed by atoms with Gasteiger partial charge in [-0.25, -0.2) is 0 Å². The van der Waals surface area contributed by atoms with Gasteiger partial charge in [-0.15, -0.1) is 0 Å². The summed E-state index contributed by atoms with van der Waals surface area (Å²) in [6, 6.07) is 12.3. The zero-order chi connectivity index (χ0) is 21.5. The summed E-state index contributed by atoms with van der Waals surface area (Å²) >= 11 is 0. The van der Waals surface area contributed by atoms with E-state index in [0.717, 1.165) is 43.6 Å². The number of quaternary nitrogens is 1. The molecular formula is C24H33N2O4+. The molecule has 0 atom stereocenters. The standard InChI is InChI=1S/C24H32N2O4/c1-17-5-7-18(8-6-17)15-25-24(27)20-9-11-26(12-10-20)16-19-13-21(28-2)23(30-4)22(14-19)29-3/h5-8,13-14,20H,9-12,15-16H2,1-4H3,(H,25,27)/p+1. The highest BCUT2D eigenvalue weighted by Gasteiger charge is 2.27. The Morgan fingerprint density at radius 2 is 1.57 bits per heavy atom. The highest BCUT2D eigenvalue weighted by molar-refractivity contribution is 5.78. The van der Waals surface area contributed by atoms with E-state index in [2.05, 4.69) is 36.5 Å². The van der Waals surface area contributed by atoms with Gasteiger partial charge in [0.2, 0.25) is 11.7 Å². The fourth-order valence-corrected chi connectivity index (χ4v) is 4.03. The SMILES string of the molecule is COc1cc(C[NH+]2CCC(C(=O)NCc3ccc(C)cc3)CC2)cc(OC)c1OC. The predicted octanol–water partition coefficient (Wildman–Crippen LogP) is 2.13. The second-order valence-corrected chi connectivity index (χ2v) is 7.94. The van der Waals surface area contributed by atoms with Crippen LogP contribution in [0.3, 0.4) is 0 Å². The smallest absolute Gasteiger partial charge is 0.223 e. The number of hydrogen-bond acceptors (Lipinski definition) is 4. The molecule has 1 amide bonds. The van der Waals surface area contributed by atoms with Gasteiger partial charge in [0.25, 0.3) is 0 Å². The van der Waals surface area contributed by atoms with E-state index >= 15 is 0 Å². The van der Waals surface area contributed by atoms with Gasteiger partial charge >= 0.3 is 0 Å². The van der Waals surface area contributed by atoms with Gasteiger partial charge in [-0.2, -0.15) is 0 Å². The molecule has 30 heavy (non-hydrogen) atoms. The molecule has 0 spiro atoms. The van der Waals surface area contributed by atoms with Crippen LogP contribution in [0.15, 0.2) is 36.4 Å². The Hall–Kier alpha value is -2.73. The molecule has 0 radical (unpaired) electrons. The van der Waals surface area contributed by atoms with E-state index in [-0.39, 0.29) is 11.8 Å². The largest absolute Gasteiger partial charge is 0.493 e. The predicted molar refractivity (Wildman–Crippen MR) is 116 cm³/mol. The summed E-state index contributed by atoms with van der Waals surface area (Å²) in [7, 11) is 4.88. The van der Waals surface area contributed by atoms with Gasteiger partial charge in [-0.05, 0) is 24.6 Å². The molecule has 6 nitrogen and oxygen atoms in total. The van der Waals surface area contributed by atoms with Gasteiger partial charge in [0, 0.05) is 30.9 Å². The van der Waals surface area contributed by atoms with E-state index in [1.807, 2.05) is 12.1 Å². The zero-order valence-corrected chi connectivity index (χ0v) is 18.4. The van der Waals surface area contributed by atoms with Gasteiger partial charge in [0.1, 0.15) is 6.54 Å². The van der Waals surface area contributed by atoms with Crippen molar-refractivity contribution in [3.05, 3.63) is 53.1 Å². The third-order valence-electron chi connectivity index (χ3n) is 5.83. The monoisotopic (exact) mass is 413 g/mol. The lowest BCUT2D eigenvalue weighted by Crippen LogP contribution is -3.11. The summed E-state index contributed by atoms with van der Waals surface area (Å²) in [4.78, 5) is 14.0. The lowest BCUT2D eigenvalue weighted by molar-refractivity contribution is -0.919. The number of likely N-dealkylation sites (tertiary alicyclic amines) is 1. The van der Waals surface area contributed by atoms with Crippen LogP contribution >= 0.6 is 0 Å². The van der Waals surface area contributed by atoms with Crippen molar-refractivity contribution in [1.29, 1.82) is 0 Å². The van der Waals surface area contributed by atoms with E-state index in [9.17, 15) is 4.79 Å². The molecule has 162 valence electrons. The summed E-state index contributed by atoms with van der Waals surface area (Å²) in [5.41, 5.74) is 3.51. The number of piperidine rings is 1. The molecule has 0 unspecified atom stereocenters. The van der Waals surface area contributed by atoms with E-state index in [4.69, 9.17) is 14.2 Å². The number of rotatable bonds is 8. The molecule has 6 heteroatoms. The number of amides is 1. The molecule has 0 aliphatic carbocycles. The minimum atomic E-state index is 0.0964. The molecular weight excluding hydrogens is 380 g/mol. The molecule has 2 aromatic carbocycles. The molecule has 1 aliphatic heterocycles. The minimum absolute atomic E-state index is 0.0964. The highest BCUT2D eigenvalue weighted by atomic mass is 16.5. The normalized spacial score (nSPS) is 18.5. The number of ether oxygens (including phenoxy) is 3. The molecule has 1 aliphatic rings. The van der Waals surface area contributed by atoms with Crippen LogP contribution in [-0.2, 0) is 17.9 Å². The first kappa shape index (κ1) is 22.0. The molecule has 3 rings (SSSR count). The quantitative estimate of drug-likeness (QED) is 0.696. The van der Waals surface area contributed by atoms with Crippen molar-refractivity contribution in [2.75, 3.05) is 34.4 Å². The van der Waals surface area contributed by atoms with Crippen molar-refractivity contribution >= 4 is 5.91 Å². The van der Waals surface area contributed by atoms with Crippen molar-refractivity contribution in [2.45, 2.75) is 32.9 Å². The first-order valence-electron chi connectivity index (χ1n) is 10.5. The third kappa shape index (κ3) is 5.45. The van der Waals surface area contributed by atoms with Crippen molar-refractivity contribution in [3.63, 3.8) is 0 Å². The van der Waals surface area contributed by atoms with Gasteiger partial charge < -0.3 is 24.4 Å². The van der Waals surface area contributed by atoms with Crippen molar-refractivity contribution < 1.29 is 23.9 Å². The average Bonchev–Trinajstić information content (AvgIpc) is 2.78. The van der Waals surface area contributed by atoms with Crippen LogP contribution in [0.4, 0.5) is 0 Å². The van der Waals surface area contributed by atoms with E-state index in [1.54, 1.807) is 21.3 Å². The van der Waals surface area contributed by atoms with E-state index in [1.165, 1.54) is 10.5 Å². The zero-order valence-electron chi connectivity index (χ0n) is 18.4. The average molecular weight is 414 g/mol. The fraction of sp³-hybridized carbons (Fsp3) is 0.458. The van der Waals surface area contributed by atoms with Crippen molar-refractivity contribution in [1.82, 2.24) is 5.32 Å². The Morgan fingerprint density at radius 1 is 0.967 bits per heavy atom. The first-order chi connectivity index (χ1) is 14.5. The van der Waals surface area contributed by atoms with Crippen LogP contribution in [-0.4, -0.2) is 40.3 Å². The van der Waals surface area contributed by atoms with E-state index in [0.29, 0.717) is 23.8 Å². The van der Waals surface area contributed by atoms with Gasteiger partial charge in [-0.1, -0.05) is 29.8 Å². The van der Waals surface area contributed by atoms with Crippen LogP contribution < -0.4 is 24.4 Å². The second-order valence-electron chi connectivity index (χ2n) is 7.94. The summed E-state index contributed by atoms with van der Waals surface area (Å²) in [6.07, 6.45) is 1.80. The maximum atomic E-state index is 12.6. The number of hydrogen-bond donors (Lipinski definition) is 2. The van der Waals surface area contributed by atoms with Crippen LogP contribution in [0.5, 0.6) is 17.2 Å². The molecule has 2 N–H and O–H groups in total. The fourth-order valence-electron chi connectivity index (χ4n) is 4.03. The Balaban J connectivity index is 1.51.